The van der Waals surface area contributed by atoms with Crippen molar-refractivity contribution in [3.63, 3.8) is 0 Å². The van der Waals surface area contributed by atoms with Gasteiger partial charge in [0.05, 0.1) is 6.04 Å². The van der Waals surface area contributed by atoms with Crippen LogP contribution in [0.25, 0.3) is 0 Å². The van der Waals surface area contributed by atoms with Gasteiger partial charge in [0.1, 0.15) is 0 Å². The Kier molecular flexibility index (Phi) is 2.21. The van der Waals surface area contributed by atoms with Gasteiger partial charge in [0.2, 0.25) is 0 Å². The van der Waals surface area contributed by atoms with Gasteiger partial charge in [0.15, 0.2) is 0 Å². The highest BCUT2D eigenvalue weighted by atomic mass is 15.4. The number of piperidine rings is 1. The monoisotopic (exact) mass is 230 g/mol. The SMILES string of the molecule is c1cncc(C2NNC3CC4CCC(N4)C32)c1. The number of nitrogens with one attached hydrogen (secondary N) is 3. The van der Waals surface area contributed by atoms with E-state index in [0.717, 1.165) is 6.04 Å². The molecule has 0 saturated carbocycles. The molecule has 2 bridgehead atoms. The summed E-state index contributed by atoms with van der Waals surface area (Å²) in [5.41, 5.74) is 8.27. The average Bonchev–Trinajstić information content (AvgIpc) is 2.96. The number of pyridine rings is 1. The molecule has 4 heterocycles. The predicted molar refractivity (Wildman–Crippen MR) is 65.1 cm³/mol. The van der Waals surface area contributed by atoms with Gasteiger partial charge >= 0.3 is 0 Å². The molecular weight excluding hydrogens is 212 g/mol. The van der Waals surface area contributed by atoms with Crippen LogP contribution in [-0.4, -0.2) is 23.1 Å². The van der Waals surface area contributed by atoms with E-state index in [1.165, 1.54) is 24.8 Å². The maximum atomic E-state index is 4.24. The third-order valence-corrected chi connectivity index (χ3v) is 4.60. The van der Waals surface area contributed by atoms with E-state index in [1.54, 1.807) is 0 Å². The van der Waals surface area contributed by atoms with Crippen LogP contribution in [0.1, 0.15) is 30.9 Å². The summed E-state index contributed by atoms with van der Waals surface area (Å²) in [6.07, 6.45) is 7.76. The molecule has 3 aliphatic rings. The Hall–Kier alpha value is -0.970. The molecule has 5 atom stereocenters. The zero-order chi connectivity index (χ0) is 11.2. The van der Waals surface area contributed by atoms with Crippen LogP contribution in [0.4, 0.5) is 0 Å². The van der Waals surface area contributed by atoms with Gasteiger partial charge in [-0.1, -0.05) is 6.07 Å². The van der Waals surface area contributed by atoms with Crippen LogP contribution >= 0.6 is 0 Å². The Balaban J connectivity index is 1.66. The number of fused-ring (bicyclic) bond motifs is 4. The minimum atomic E-state index is 0.408. The van der Waals surface area contributed by atoms with E-state index in [0.29, 0.717) is 24.0 Å². The van der Waals surface area contributed by atoms with E-state index >= 15 is 0 Å². The first kappa shape index (κ1) is 10.00. The van der Waals surface area contributed by atoms with Crippen LogP contribution in [-0.2, 0) is 0 Å². The predicted octanol–water partition coefficient (Wildman–Crippen LogP) is 0.740. The summed E-state index contributed by atoms with van der Waals surface area (Å²) in [5, 5.41) is 3.76. The van der Waals surface area contributed by atoms with Crippen molar-refractivity contribution in [3.05, 3.63) is 30.1 Å². The van der Waals surface area contributed by atoms with E-state index in [-0.39, 0.29) is 0 Å². The van der Waals surface area contributed by atoms with Crippen LogP contribution in [0.5, 0.6) is 0 Å². The van der Waals surface area contributed by atoms with E-state index in [4.69, 9.17) is 0 Å². The van der Waals surface area contributed by atoms with Crippen molar-refractivity contribution >= 4 is 0 Å². The summed E-state index contributed by atoms with van der Waals surface area (Å²) in [7, 11) is 0. The van der Waals surface area contributed by atoms with Crippen molar-refractivity contribution < 1.29 is 0 Å². The first-order chi connectivity index (χ1) is 8.42. The molecule has 4 nitrogen and oxygen atoms in total. The zero-order valence-electron chi connectivity index (χ0n) is 9.76. The second-order valence-corrected chi connectivity index (χ2v) is 5.52. The number of aromatic nitrogens is 1. The molecule has 3 fully saturated rings. The molecule has 0 spiro atoms. The molecule has 4 rings (SSSR count). The Morgan fingerprint density at radius 1 is 1.18 bits per heavy atom. The van der Waals surface area contributed by atoms with Crippen molar-refractivity contribution in [2.45, 2.75) is 43.4 Å². The minimum Gasteiger partial charge on any atom is -0.311 e. The van der Waals surface area contributed by atoms with E-state index in [1.807, 2.05) is 18.5 Å². The fourth-order valence-corrected chi connectivity index (χ4v) is 3.86. The van der Waals surface area contributed by atoms with Gasteiger partial charge in [-0.25, -0.2) is 5.43 Å². The summed E-state index contributed by atoms with van der Waals surface area (Å²) in [5.74, 6) is 0.665. The van der Waals surface area contributed by atoms with Crippen LogP contribution in [0.2, 0.25) is 0 Å². The van der Waals surface area contributed by atoms with Crippen LogP contribution < -0.4 is 16.2 Å². The minimum absolute atomic E-state index is 0.408. The molecule has 0 aliphatic carbocycles. The Bertz CT molecular complexity index is 405. The number of hydrogen-bond acceptors (Lipinski definition) is 4. The molecule has 3 saturated heterocycles. The fraction of sp³-hybridized carbons (Fsp3) is 0.615. The third kappa shape index (κ3) is 1.52. The van der Waals surface area contributed by atoms with Crippen LogP contribution in [0, 0.1) is 5.92 Å². The summed E-state index contributed by atoms with van der Waals surface area (Å²) in [6, 6.07) is 6.65. The van der Waals surface area contributed by atoms with Gasteiger partial charge in [-0.2, -0.15) is 0 Å². The highest BCUT2D eigenvalue weighted by molar-refractivity contribution is 5.20. The summed E-state index contributed by atoms with van der Waals surface area (Å²) >= 11 is 0. The molecule has 4 heteroatoms. The summed E-state index contributed by atoms with van der Waals surface area (Å²) in [6.45, 7) is 0. The smallest absolute Gasteiger partial charge is 0.0536 e. The van der Waals surface area contributed by atoms with Crippen molar-refractivity contribution in [2.24, 2.45) is 5.92 Å². The lowest BCUT2D eigenvalue weighted by atomic mass is 9.81. The van der Waals surface area contributed by atoms with Crippen molar-refractivity contribution in [2.75, 3.05) is 0 Å². The van der Waals surface area contributed by atoms with Gasteiger partial charge in [-0.15, -0.1) is 0 Å². The van der Waals surface area contributed by atoms with Crippen molar-refractivity contribution in [1.82, 2.24) is 21.2 Å². The lowest BCUT2D eigenvalue weighted by Gasteiger charge is -2.34. The quantitative estimate of drug-likeness (QED) is 0.666. The van der Waals surface area contributed by atoms with E-state index < -0.39 is 0 Å². The highest BCUT2D eigenvalue weighted by Crippen LogP contribution is 2.41. The molecule has 3 aliphatic heterocycles. The average molecular weight is 230 g/mol. The van der Waals surface area contributed by atoms with Crippen molar-refractivity contribution in [3.8, 4) is 0 Å². The standard InChI is InChI=1S/C13H18N4/c1-2-8(7-14-5-1)13-12-10-4-3-9(15-10)6-11(12)16-17-13/h1-2,5,7,9-13,15-17H,3-4,6H2. The molecule has 17 heavy (non-hydrogen) atoms. The number of hydrazine groups is 1. The number of rotatable bonds is 1. The third-order valence-electron chi connectivity index (χ3n) is 4.60. The Labute approximate surface area is 101 Å². The Morgan fingerprint density at radius 2 is 2.18 bits per heavy atom. The molecule has 0 amide bonds. The molecule has 5 unspecified atom stereocenters. The zero-order valence-corrected chi connectivity index (χ0v) is 9.76. The number of nitrogens with zero attached hydrogens (tertiary/aromatic N) is 1. The fourth-order valence-electron chi connectivity index (χ4n) is 3.86. The summed E-state index contributed by atoms with van der Waals surface area (Å²) < 4.78 is 0. The van der Waals surface area contributed by atoms with Crippen LogP contribution in [0.3, 0.4) is 0 Å². The first-order valence-electron chi connectivity index (χ1n) is 6.59. The van der Waals surface area contributed by atoms with Gasteiger partial charge < -0.3 is 5.32 Å². The maximum absolute atomic E-state index is 4.24. The second kappa shape index (κ2) is 3.77. The lowest BCUT2D eigenvalue weighted by molar-refractivity contribution is 0.250. The molecule has 90 valence electrons. The van der Waals surface area contributed by atoms with Crippen LogP contribution in [0.15, 0.2) is 24.5 Å². The maximum Gasteiger partial charge on any atom is 0.0536 e. The normalized spacial score (nSPS) is 43.6. The topological polar surface area (TPSA) is 49.0 Å². The molecule has 1 aromatic heterocycles. The molecule has 0 aromatic carbocycles. The van der Waals surface area contributed by atoms with Gasteiger partial charge in [-0.3, -0.25) is 10.4 Å². The molecule has 3 N–H and O–H groups in total. The molecular formula is C13H18N4. The first-order valence-corrected chi connectivity index (χ1v) is 6.59. The van der Waals surface area contributed by atoms with Gasteiger partial charge in [-0.05, 0) is 30.9 Å². The Morgan fingerprint density at radius 3 is 3.06 bits per heavy atom. The number of hydrogen-bond donors (Lipinski definition) is 3. The van der Waals surface area contributed by atoms with Gasteiger partial charge in [0.25, 0.3) is 0 Å². The molecule has 1 aromatic rings. The van der Waals surface area contributed by atoms with E-state index in [2.05, 4.69) is 27.2 Å². The van der Waals surface area contributed by atoms with E-state index in [9.17, 15) is 0 Å². The summed E-state index contributed by atoms with van der Waals surface area (Å²) in [4.78, 5) is 4.24. The largest absolute Gasteiger partial charge is 0.311 e. The lowest BCUT2D eigenvalue weighted by Crippen LogP contribution is -2.49. The highest BCUT2D eigenvalue weighted by Gasteiger charge is 2.48. The van der Waals surface area contributed by atoms with Crippen molar-refractivity contribution in [1.29, 1.82) is 0 Å². The van der Waals surface area contributed by atoms with Gasteiger partial charge in [0, 0.05) is 36.4 Å². The second-order valence-electron chi connectivity index (χ2n) is 5.52. The molecule has 0 radical (unpaired) electrons.